The molecule has 6 N–H and O–H groups in total. The van der Waals surface area contributed by atoms with Gasteiger partial charge in [-0.05, 0) is 0 Å². The fraction of sp³-hybridized carbons (Fsp3) is 1.00. The van der Waals surface area contributed by atoms with Crippen molar-refractivity contribution in [1.29, 1.82) is 0 Å². The summed E-state index contributed by atoms with van der Waals surface area (Å²) in [6.45, 7) is 2.69. The van der Waals surface area contributed by atoms with Crippen LogP contribution >= 0.6 is 0 Å². The first-order valence-electron chi connectivity index (χ1n) is 3.39. The van der Waals surface area contributed by atoms with E-state index in [4.69, 9.17) is 20.9 Å². The summed E-state index contributed by atoms with van der Waals surface area (Å²) < 4.78 is 10.2. The predicted molar refractivity (Wildman–Crippen MR) is 41.2 cm³/mol. The maximum Gasteiger partial charge on any atom is 2.00 e. The molecule has 1 saturated heterocycles. The Morgan fingerprint density at radius 1 is 1.00 bits per heavy atom. The van der Waals surface area contributed by atoms with Crippen molar-refractivity contribution in [2.75, 3.05) is 33.1 Å². The van der Waals surface area contributed by atoms with Gasteiger partial charge in [-0.1, -0.05) is 0 Å². The van der Waals surface area contributed by atoms with E-state index in [2.05, 4.69) is 0 Å². The van der Waals surface area contributed by atoms with Crippen LogP contribution in [0.25, 0.3) is 0 Å². The SMILES string of the molecule is NCC1(CN)COCOC1.[OH-].[OH-].[Pt+2]. The largest absolute Gasteiger partial charge is 2.00 e. The minimum atomic E-state index is -0.127. The van der Waals surface area contributed by atoms with Crippen molar-refractivity contribution in [3.05, 3.63) is 0 Å². The molecule has 1 rings (SSSR count). The number of nitrogens with two attached hydrogens (primary N) is 2. The van der Waals surface area contributed by atoms with Crippen LogP contribution in [0.3, 0.4) is 0 Å². The van der Waals surface area contributed by atoms with Gasteiger partial charge in [-0.3, -0.25) is 0 Å². The zero-order chi connectivity index (χ0) is 7.45. The second kappa shape index (κ2) is 9.02. The summed E-state index contributed by atoms with van der Waals surface area (Å²) in [5.74, 6) is 0. The van der Waals surface area contributed by atoms with Crippen LogP contribution in [0, 0.1) is 5.41 Å². The number of rotatable bonds is 2. The smallest absolute Gasteiger partial charge is 0.870 e. The van der Waals surface area contributed by atoms with Crippen LogP contribution in [-0.2, 0) is 30.5 Å². The molecule has 0 atom stereocenters. The second-order valence-corrected chi connectivity index (χ2v) is 2.72. The molecule has 0 radical (unpaired) electrons. The molecule has 0 amide bonds. The van der Waals surface area contributed by atoms with E-state index in [-0.39, 0.29) is 37.4 Å². The minimum Gasteiger partial charge on any atom is -0.870 e. The van der Waals surface area contributed by atoms with Crippen molar-refractivity contribution in [3.63, 3.8) is 0 Å². The molecule has 1 heterocycles. The van der Waals surface area contributed by atoms with Crippen molar-refractivity contribution >= 4 is 0 Å². The fourth-order valence-corrected chi connectivity index (χ4v) is 0.936. The molecule has 13 heavy (non-hydrogen) atoms. The average molecular weight is 375 g/mol. The van der Waals surface area contributed by atoms with Crippen molar-refractivity contribution in [2.24, 2.45) is 16.9 Å². The molecule has 84 valence electrons. The van der Waals surface area contributed by atoms with Gasteiger partial charge in [0.05, 0.1) is 13.2 Å². The van der Waals surface area contributed by atoms with Gasteiger partial charge >= 0.3 is 21.1 Å². The van der Waals surface area contributed by atoms with E-state index in [1.165, 1.54) is 0 Å². The van der Waals surface area contributed by atoms with Gasteiger partial charge in [-0.25, -0.2) is 0 Å². The molecule has 0 saturated carbocycles. The standard InChI is InChI=1S/C6H14N2O2.2H2O.Pt/c7-1-6(2-8)3-9-5-10-4-6;;;/h1-5,7-8H2;2*1H2;/q;;;+2/p-2. The van der Waals surface area contributed by atoms with Crippen molar-refractivity contribution < 1.29 is 41.5 Å². The molecule has 0 aromatic rings. The van der Waals surface area contributed by atoms with Crippen LogP contribution in [0.2, 0.25) is 0 Å². The van der Waals surface area contributed by atoms with Gasteiger partial charge in [0.15, 0.2) is 0 Å². The molecule has 0 aromatic carbocycles. The number of ether oxygens (including phenoxy) is 2. The van der Waals surface area contributed by atoms with Gasteiger partial charge in [0, 0.05) is 18.5 Å². The van der Waals surface area contributed by atoms with Gasteiger partial charge < -0.3 is 31.9 Å². The van der Waals surface area contributed by atoms with Crippen molar-refractivity contribution in [3.8, 4) is 0 Å². The first kappa shape index (κ1) is 19.1. The Balaban J connectivity index is -0.000000333. The van der Waals surface area contributed by atoms with E-state index >= 15 is 0 Å². The van der Waals surface area contributed by atoms with E-state index in [1.807, 2.05) is 0 Å². The number of hydrogen-bond acceptors (Lipinski definition) is 6. The van der Waals surface area contributed by atoms with E-state index < -0.39 is 0 Å². The first-order valence-corrected chi connectivity index (χ1v) is 3.39. The van der Waals surface area contributed by atoms with Crippen molar-refractivity contribution in [2.45, 2.75) is 0 Å². The third kappa shape index (κ3) is 5.02. The van der Waals surface area contributed by atoms with Crippen LogP contribution < -0.4 is 11.5 Å². The number of hydrogen-bond donors (Lipinski definition) is 2. The molecule has 0 spiro atoms. The van der Waals surface area contributed by atoms with Gasteiger partial charge in [-0.15, -0.1) is 0 Å². The molecule has 0 bridgehead atoms. The van der Waals surface area contributed by atoms with Gasteiger partial charge in [0.2, 0.25) is 0 Å². The molecular weight excluding hydrogens is 359 g/mol. The molecule has 7 heteroatoms. The maximum absolute atomic E-state index is 5.51. The molecule has 6 nitrogen and oxygen atoms in total. The summed E-state index contributed by atoms with van der Waals surface area (Å²) in [5.41, 5.74) is 10.9. The summed E-state index contributed by atoms with van der Waals surface area (Å²) in [7, 11) is 0. The van der Waals surface area contributed by atoms with Crippen LogP contribution in [0.4, 0.5) is 0 Å². The van der Waals surface area contributed by atoms with Crippen molar-refractivity contribution in [1.82, 2.24) is 0 Å². The predicted octanol–water partition coefficient (Wildman–Crippen LogP) is -1.46. The third-order valence-electron chi connectivity index (χ3n) is 1.85. The Hall–Kier alpha value is 0.448. The normalized spacial score (nSPS) is 18.9. The van der Waals surface area contributed by atoms with Crippen LogP contribution in [0.15, 0.2) is 0 Å². The van der Waals surface area contributed by atoms with Gasteiger partial charge in [-0.2, -0.15) is 0 Å². The third-order valence-corrected chi connectivity index (χ3v) is 1.85. The van der Waals surface area contributed by atoms with Gasteiger partial charge in [0.25, 0.3) is 0 Å². The fourth-order valence-electron chi connectivity index (χ4n) is 0.936. The maximum atomic E-state index is 5.51. The Bertz CT molecular complexity index is 105. The minimum absolute atomic E-state index is 0. The Labute approximate surface area is 91.8 Å². The Morgan fingerprint density at radius 2 is 1.38 bits per heavy atom. The zero-order valence-corrected chi connectivity index (χ0v) is 9.49. The summed E-state index contributed by atoms with van der Waals surface area (Å²) in [5, 5.41) is 0. The van der Waals surface area contributed by atoms with Crippen LogP contribution in [-0.4, -0.2) is 44.0 Å². The van der Waals surface area contributed by atoms with E-state index in [0.29, 0.717) is 33.1 Å². The van der Waals surface area contributed by atoms with Crippen LogP contribution in [0.5, 0.6) is 0 Å². The van der Waals surface area contributed by atoms with Crippen LogP contribution in [0.1, 0.15) is 0 Å². The first-order chi connectivity index (χ1) is 4.83. The molecule has 0 unspecified atom stereocenters. The topological polar surface area (TPSA) is 130 Å². The summed E-state index contributed by atoms with van der Waals surface area (Å²) in [4.78, 5) is 0. The summed E-state index contributed by atoms with van der Waals surface area (Å²) in [6.07, 6.45) is 0. The van der Waals surface area contributed by atoms with E-state index in [0.717, 1.165) is 0 Å². The molecule has 1 aliphatic heterocycles. The van der Waals surface area contributed by atoms with E-state index in [1.54, 1.807) is 0 Å². The second-order valence-electron chi connectivity index (χ2n) is 2.72. The Kier molecular flexibility index (Phi) is 13.2. The zero-order valence-electron chi connectivity index (χ0n) is 7.22. The molecule has 0 aliphatic carbocycles. The molecular formula is C6H16N2O4Pt. The molecule has 1 aliphatic rings. The monoisotopic (exact) mass is 375 g/mol. The average Bonchev–Trinajstić information content (AvgIpc) is 2.06. The summed E-state index contributed by atoms with van der Waals surface area (Å²) in [6, 6.07) is 0. The van der Waals surface area contributed by atoms with Gasteiger partial charge in [0.1, 0.15) is 6.79 Å². The summed E-state index contributed by atoms with van der Waals surface area (Å²) >= 11 is 0. The van der Waals surface area contributed by atoms with E-state index in [9.17, 15) is 0 Å². The Morgan fingerprint density at radius 3 is 1.62 bits per heavy atom. The quantitative estimate of drug-likeness (QED) is 0.607. The molecule has 0 aromatic heterocycles. The molecule has 1 fully saturated rings.